The molecule has 0 atom stereocenters. The smallest absolute Gasteiger partial charge is 0.156 e. The van der Waals surface area contributed by atoms with Gasteiger partial charge in [-0.3, -0.25) is 9.98 Å². The first-order valence-corrected chi connectivity index (χ1v) is 9.42. The monoisotopic (exact) mass is 365 g/mol. The molecule has 136 valence electrons. The van der Waals surface area contributed by atoms with E-state index in [1.54, 1.807) is 0 Å². The van der Waals surface area contributed by atoms with Gasteiger partial charge in [0.05, 0.1) is 12.1 Å². The Kier molecular flexibility index (Phi) is 4.26. The fraction of sp³-hybridized carbons (Fsp3) is 0.130. The Labute approximate surface area is 162 Å². The zero-order valence-corrected chi connectivity index (χ0v) is 15.3. The number of aromatic nitrogens is 2. The Hall–Kier alpha value is -3.60. The zero-order valence-electron chi connectivity index (χ0n) is 15.3. The predicted molar refractivity (Wildman–Crippen MR) is 116 cm³/mol. The number of rotatable bonds is 5. The number of fused-ring (bicyclic) bond motifs is 3. The van der Waals surface area contributed by atoms with Crippen molar-refractivity contribution in [3.05, 3.63) is 78.1 Å². The lowest BCUT2D eigenvalue weighted by atomic mass is 10.0. The number of benzene rings is 2. The third-order valence-corrected chi connectivity index (χ3v) is 4.95. The quantitative estimate of drug-likeness (QED) is 0.537. The van der Waals surface area contributed by atoms with Gasteiger partial charge in [0.25, 0.3) is 0 Å². The first-order chi connectivity index (χ1) is 13.9. The van der Waals surface area contributed by atoms with Crippen molar-refractivity contribution in [1.29, 1.82) is 0 Å². The molecule has 0 fully saturated rings. The third kappa shape index (κ3) is 3.01. The molecular weight excluding hydrogens is 346 g/mol. The summed E-state index contributed by atoms with van der Waals surface area (Å²) in [6.45, 7) is 1.43. The first kappa shape index (κ1) is 16.6. The highest BCUT2D eigenvalue weighted by molar-refractivity contribution is 6.18. The standard InChI is InChI=1S/C23H19N5/c1-2-5-16(6-3-1)9-12-25-23-18-10-11-24-15-20(18)17-7-4-8-19(21(17)28-23)22-26-13-14-27-22/h1-8,10-11,13,15H,9,12,14H2,(H,25,28). The molecule has 1 aliphatic rings. The Bertz CT molecular complexity index is 1210. The molecule has 0 radical (unpaired) electrons. The fourth-order valence-corrected chi connectivity index (χ4v) is 3.60. The molecule has 2 aromatic heterocycles. The highest BCUT2D eigenvalue weighted by Crippen LogP contribution is 2.31. The summed E-state index contributed by atoms with van der Waals surface area (Å²) >= 11 is 0. The number of para-hydroxylation sites is 1. The van der Waals surface area contributed by atoms with E-state index in [4.69, 9.17) is 4.98 Å². The Morgan fingerprint density at radius 3 is 2.68 bits per heavy atom. The number of hydrogen-bond acceptors (Lipinski definition) is 5. The lowest BCUT2D eigenvalue weighted by Crippen LogP contribution is -2.08. The lowest BCUT2D eigenvalue weighted by Gasteiger charge is -2.13. The molecule has 1 N–H and O–H groups in total. The second-order valence-corrected chi connectivity index (χ2v) is 6.72. The summed E-state index contributed by atoms with van der Waals surface area (Å²) in [5.41, 5.74) is 3.17. The predicted octanol–water partition coefficient (Wildman–Crippen LogP) is 4.27. The van der Waals surface area contributed by atoms with Crippen LogP contribution in [0, 0.1) is 0 Å². The van der Waals surface area contributed by atoms with Gasteiger partial charge in [-0.1, -0.05) is 42.5 Å². The largest absolute Gasteiger partial charge is 0.369 e. The molecular formula is C23H19N5. The summed E-state index contributed by atoms with van der Waals surface area (Å²) in [7, 11) is 0. The summed E-state index contributed by atoms with van der Waals surface area (Å²) in [6.07, 6.45) is 6.49. The first-order valence-electron chi connectivity index (χ1n) is 9.42. The van der Waals surface area contributed by atoms with Crippen molar-refractivity contribution >= 4 is 39.5 Å². The second kappa shape index (κ2) is 7.19. The number of pyridine rings is 2. The molecule has 0 spiro atoms. The van der Waals surface area contributed by atoms with Gasteiger partial charge in [-0.05, 0) is 24.1 Å². The number of aliphatic imine (C=N–C) groups is 2. The van der Waals surface area contributed by atoms with Crippen molar-refractivity contribution in [2.24, 2.45) is 9.98 Å². The maximum atomic E-state index is 4.99. The van der Waals surface area contributed by atoms with Gasteiger partial charge in [0.15, 0.2) is 5.84 Å². The Morgan fingerprint density at radius 1 is 0.893 bits per heavy atom. The molecule has 0 unspecified atom stereocenters. The van der Waals surface area contributed by atoms with Crippen LogP contribution in [0.3, 0.4) is 0 Å². The van der Waals surface area contributed by atoms with E-state index in [0.29, 0.717) is 6.54 Å². The van der Waals surface area contributed by atoms with Crippen molar-refractivity contribution in [3.8, 4) is 0 Å². The molecule has 2 aromatic carbocycles. The molecule has 0 aliphatic carbocycles. The van der Waals surface area contributed by atoms with E-state index < -0.39 is 0 Å². The minimum atomic E-state index is 0.628. The number of nitrogens with zero attached hydrogens (tertiary/aromatic N) is 4. The minimum absolute atomic E-state index is 0.628. The topological polar surface area (TPSA) is 62.5 Å². The van der Waals surface area contributed by atoms with E-state index in [1.165, 1.54) is 5.56 Å². The maximum absolute atomic E-state index is 4.99. The Morgan fingerprint density at radius 2 is 1.82 bits per heavy atom. The normalized spacial score (nSPS) is 13.2. The van der Waals surface area contributed by atoms with E-state index in [1.807, 2.05) is 42.9 Å². The average Bonchev–Trinajstić information content (AvgIpc) is 3.29. The van der Waals surface area contributed by atoms with Crippen LogP contribution in [0.15, 0.2) is 77.0 Å². The highest BCUT2D eigenvalue weighted by Gasteiger charge is 2.15. The fourth-order valence-electron chi connectivity index (χ4n) is 3.60. The molecule has 5 nitrogen and oxygen atoms in total. The summed E-state index contributed by atoms with van der Waals surface area (Å²) in [6, 6.07) is 18.6. The van der Waals surface area contributed by atoms with Crippen LogP contribution < -0.4 is 5.32 Å². The van der Waals surface area contributed by atoms with Gasteiger partial charge in [0.1, 0.15) is 5.82 Å². The molecule has 3 heterocycles. The Balaban J connectivity index is 1.59. The molecule has 5 heteroatoms. The van der Waals surface area contributed by atoms with Crippen LogP contribution in [0.1, 0.15) is 11.1 Å². The van der Waals surface area contributed by atoms with Crippen LogP contribution >= 0.6 is 0 Å². The van der Waals surface area contributed by atoms with Crippen molar-refractivity contribution < 1.29 is 0 Å². The summed E-state index contributed by atoms with van der Waals surface area (Å²) in [4.78, 5) is 18.2. The number of nitrogens with one attached hydrogen (secondary N) is 1. The summed E-state index contributed by atoms with van der Waals surface area (Å²) in [5, 5.41) is 6.75. The maximum Gasteiger partial charge on any atom is 0.156 e. The highest BCUT2D eigenvalue weighted by atomic mass is 15.0. The van der Waals surface area contributed by atoms with E-state index in [-0.39, 0.29) is 0 Å². The van der Waals surface area contributed by atoms with Gasteiger partial charge in [-0.25, -0.2) is 9.98 Å². The van der Waals surface area contributed by atoms with E-state index in [9.17, 15) is 0 Å². The van der Waals surface area contributed by atoms with Gasteiger partial charge in [-0.15, -0.1) is 0 Å². The van der Waals surface area contributed by atoms with Crippen LogP contribution in [-0.2, 0) is 6.42 Å². The van der Waals surface area contributed by atoms with Crippen molar-refractivity contribution in [2.75, 3.05) is 18.4 Å². The molecule has 0 saturated heterocycles. The van der Waals surface area contributed by atoms with Crippen molar-refractivity contribution in [2.45, 2.75) is 6.42 Å². The molecule has 1 aliphatic heterocycles. The molecule has 0 bridgehead atoms. The zero-order chi connectivity index (χ0) is 18.8. The third-order valence-electron chi connectivity index (χ3n) is 4.95. The van der Waals surface area contributed by atoms with Crippen LogP contribution in [0.5, 0.6) is 0 Å². The van der Waals surface area contributed by atoms with Gasteiger partial charge >= 0.3 is 0 Å². The lowest BCUT2D eigenvalue weighted by molar-refractivity contribution is 1.01. The van der Waals surface area contributed by atoms with Crippen LogP contribution in [0.2, 0.25) is 0 Å². The SMILES string of the molecule is C1=NC(c2cccc3c2nc(NCCc2ccccc2)c2ccncc23)=NC1. The summed E-state index contributed by atoms with van der Waals surface area (Å²) < 4.78 is 0. The minimum Gasteiger partial charge on any atom is -0.369 e. The van der Waals surface area contributed by atoms with Crippen LogP contribution in [0.25, 0.3) is 21.7 Å². The van der Waals surface area contributed by atoms with Gasteiger partial charge in [0.2, 0.25) is 0 Å². The number of amidine groups is 1. The van der Waals surface area contributed by atoms with Gasteiger partial charge in [0, 0.05) is 46.9 Å². The van der Waals surface area contributed by atoms with E-state index in [0.717, 1.165) is 51.9 Å². The number of anilines is 1. The second-order valence-electron chi connectivity index (χ2n) is 6.72. The average molecular weight is 365 g/mol. The van der Waals surface area contributed by atoms with Crippen molar-refractivity contribution in [1.82, 2.24) is 9.97 Å². The van der Waals surface area contributed by atoms with Gasteiger partial charge in [-0.2, -0.15) is 0 Å². The molecule has 5 rings (SSSR count). The van der Waals surface area contributed by atoms with Crippen LogP contribution in [-0.4, -0.2) is 35.1 Å². The van der Waals surface area contributed by atoms with E-state index >= 15 is 0 Å². The summed E-state index contributed by atoms with van der Waals surface area (Å²) in [5.74, 6) is 1.62. The molecule has 0 saturated carbocycles. The molecule has 0 amide bonds. The molecule has 28 heavy (non-hydrogen) atoms. The van der Waals surface area contributed by atoms with Crippen LogP contribution in [0.4, 0.5) is 5.82 Å². The number of hydrogen-bond donors (Lipinski definition) is 1. The van der Waals surface area contributed by atoms with Gasteiger partial charge < -0.3 is 5.32 Å². The molecule has 4 aromatic rings. The van der Waals surface area contributed by atoms with E-state index in [2.05, 4.69) is 50.6 Å². The van der Waals surface area contributed by atoms with Crippen molar-refractivity contribution in [3.63, 3.8) is 0 Å².